The summed E-state index contributed by atoms with van der Waals surface area (Å²) in [5.74, 6) is -1.47. The minimum atomic E-state index is -0.653. The van der Waals surface area contributed by atoms with Crippen LogP contribution < -0.4 is 18.9 Å². The number of rotatable bonds is 36. The number of ether oxygens (including phenoxy) is 4. The predicted molar refractivity (Wildman–Crippen MR) is 332 cm³/mol. The number of carbonyl (C=O) groups excluding carboxylic acids is 4. The molecule has 7 aromatic rings. The topological polar surface area (TPSA) is 105 Å². The van der Waals surface area contributed by atoms with E-state index >= 15 is 0 Å². The lowest BCUT2D eigenvalue weighted by molar-refractivity contribution is 0.0723. The van der Waals surface area contributed by atoms with Crippen LogP contribution in [0.2, 0.25) is 0 Å². The Morgan fingerprint density at radius 1 is 0.256 bits per heavy atom. The Hall–Kier alpha value is -7.58. The Bertz CT molecular complexity index is 2780. The molecule has 0 unspecified atom stereocenters. The van der Waals surface area contributed by atoms with Crippen molar-refractivity contribution in [1.29, 1.82) is 0 Å². The second kappa shape index (κ2) is 35.3. The highest BCUT2D eigenvalue weighted by molar-refractivity contribution is 5.94. The highest BCUT2D eigenvalue weighted by Gasteiger charge is 2.16. The van der Waals surface area contributed by atoms with Gasteiger partial charge in [0.05, 0.1) is 22.3 Å². The molecule has 82 heavy (non-hydrogen) atoms. The summed E-state index contributed by atoms with van der Waals surface area (Å²) in [4.78, 5) is 52.4. The maximum absolute atomic E-state index is 13.1. The van der Waals surface area contributed by atoms with E-state index in [-0.39, 0.29) is 34.1 Å². The smallest absolute Gasteiger partial charge is 0.343 e. The minimum absolute atomic E-state index is 0.161. The van der Waals surface area contributed by atoms with Crippen molar-refractivity contribution in [2.24, 2.45) is 0 Å². The van der Waals surface area contributed by atoms with Crippen molar-refractivity contribution < 1.29 is 38.1 Å². The summed E-state index contributed by atoms with van der Waals surface area (Å²) in [5, 5.41) is 0. The normalized spacial score (nSPS) is 11.0. The van der Waals surface area contributed by atoms with Gasteiger partial charge in [-0.1, -0.05) is 234 Å². The molecule has 0 atom stereocenters. The fourth-order valence-corrected chi connectivity index (χ4v) is 10.2. The molecule has 430 valence electrons. The molecule has 0 bridgehead atoms. The van der Waals surface area contributed by atoms with Crippen LogP contribution in [0.3, 0.4) is 0 Å². The number of aryl methyl sites for hydroxylation is 2. The molecule has 0 fully saturated rings. The second-order valence-electron chi connectivity index (χ2n) is 21.9. The van der Waals surface area contributed by atoms with Crippen LogP contribution in [-0.4, -0.2) is 23.9 Å². The summed E-state index contributed by atoms with van der Waals surface area (Å²) in [6, 6.07) is 50.4. The van der Waals surface area contributed by atoms with Gasteiger partial charge in [-0.3, -0.25) is 0 Å². The summed E-state index contributed by atoms with van der Waals surface area (Å²) in [7, 11) is 0. The van der Waals surface area contributed by atoms with E-state index in [9.17, 15) is 19.2 Å². The number of esters is 4. The number of benzene rings is 7. The van der Waals surface area contributed by atoms with E-state index in [1.54, 1.807) is 42.5 Å². The molecule has 8 nitrogen and oxygen atoms in total. The molecular weight excluding hydrogens is 1020 g/mol. The Morgan fingerprint density at radius 2 is 0.488 bits per heavy atom. The monoisotopic (exact) mass is 1100 g/mol. The summed E-state index contributed by atoms with van der Waals surface area (Å²) in [6.45, 7) is 4.54. The SMILES string of the molecule is CCCCCCCCCCCCCCc1ccc(-c2ccc(C(=O)Oc3ccc(C(=O)Oc4cccc(OC(=O)c5ccc(OC(=O)c6ccc(-c7ccc(CCCCCCCCCCCCCC)cc7)cc6)cc5)c4)cc3)cc2)cc1. The van der Waals surface area contributed by atoms with Crippen LogP contribution >= 0.6 is 0 Å². The summed E-state index contributed by atoms with van der Waals surface area (Å²) < 4.78 is 22.4. The molecular formula is C74H86O8. The van der Waals surface area contributed by atoms with Gasteiger partial charge in [0.2, 0.25) is 0 Å². The molecule has 0 amide bonds. The Balaban J connectivity index is 0.775. The van der Waals surface area contributed by atoms with Gasteiger partial charge in [-0.25, -0.2) is 19.2 Å². The van der Waals surface area contributed by atoms with Crippen LogP contribution in [0, 0.1) is 0 Å². The van der Waals surface area contributed by atoms with E-state index in [0.717, 1.165) is 35.1 Å². The predicted octanol–water partition coefficient (Wildman–Crippen LogP) is 20.4. The quantitative estimate of drug-likeness (QED) is 0.0217. The largest absolute Gasteiger partial charge is 0.423 e. The van der Waals surface area contributed by atoms with Crippen molar-refractivity contribution >= 4 is 23.9 Å². The number of carbonyl (C=O) groups is 4. The van der Waals surface area contributed by atoms with E-state index in [1.807, 2.05) is 24.3 Å². The molecule has 8 heteroatoms. The maximum Gasteiger partial charge on any atom is 0.343 e. The fraction of sp³-hybridized carbons (Fsp3) is 0.378. The lowest BCUT2D eigenvalue weighted by atomic mass is 10.00. The third kappa shape index (κ3) is 21.7. The van der Waals surface area contributed by atoms with Crippen molar-refractivity contribution in [3.63, 3.8) is 0 Å². The van der Waals surface area contributed by atoms with Gasteiger partial charge in [-0.05, 0) is 144 Å². The third-order valence-corrected chi connectivity index (χ3v) is 15.3. The number of unbranched alkanes of at least 4 members (excludes halogenated alkanes) is 22. The second-order valence-corrected chi connectivity index (χ2v) is 21.9. The van der Waals surface area contributed by atoms with E-state index in [1.165, 1.54) is 220 Å². The van der Waals surface area contributed by atoms with Gasteiger partial charge < -0.3 is 18.9 Å². The molecule has 0 spiro atoms. The van der Waals surface area contributed by atoms with E-state index in [4.69, 9.17) is 18.9 Å². The minimum Gasteiger partial charge on any atom is -0.423 e. The van der Waals surface area contributed by atoms with Crippen LogP contribution in [0.5, 0.6) is 23.0 Å². The average molecular weight is 1100 g/mol. The molecule has 0 aliphatic carbocycles. The van der Waals surface area contributed by atoms with Gasteiger partial charge in [0.1, 0.15) is 23.0 Å². The zero-order chi connectivity index (χ0) is 57.4. The first-order valence-electron chi connectivity index (χ1n) is 30.8. The fourth-order valence-electron chi connectivity index (χ4n) is 10.2. The first kappa shape index (κ1) is 62.0. The Kier molecular flexibility index (Phi) is 26.7. The van der Waals surface area contributed by atoms with Gasteiger partial charge in [0.25, 0.3) is 0 Å². The van der Waals surface area contributed by atoms with Crippen molar-refractivity contribution in [2.45, 2.75) is 181 Å². The first-order valence-corrected chi connectivity index (χ1v) is 30.8. The van der Waals surface area contributed by atoms with E-state index < -0.39 is 23.9 Å². The van der Waals surface area contributed by atoms with Gasteiger partial charge in [0, 0.05) is 6.07 Å². The van der Waals surface area contributed by atoms with Crippen LogP contribution in [0.25, 0.3) is 22.3 Å². The zero-order valence-electron chi connectivity index (χ0n) is 48.8. The highest BCUT2D eigenvalue weighted by atomic mass is 16.6. The lowest BCUT2D eigenvalue weighted by Crippen LogP contribution is -2.11. The third-order valence-electron chi connectivity index (χ3n) is 15.3. The molecule has 0 saturated carbocycles. The highest BCUT2D eigenvalue weighted by Crippen LogP contribution is 2.27. The maximum atomic E-state index is 13.1. The van der Waals surface area contributed by atoms with Crippen LogP contribution in [0.1, 0.15) is 221 Å². The first-order chi connectivity index (χ1) is 40.2. The molecule has 7 aromatic carbocycles. The molecule has 0 radical (unpaired) electrons. The van der Waals surface area contributed by atoms with E-state index in [0.29, 0.717) is 11.1 Å². The van der Waals surface area contributed by atoms with Gasteiger partial charge in [-0.2, -0.15) is 0 Å². The summed E-state index contributed by atoms with van der Waals surface area (Å²) >= 11 is 0. The standard InChI is InChI=1S/C74H86O8/c1-3-5-7-9-11-13-15-17-19-21-23-25-28-57-32-36-59(37-33-57)61-40-44-63(45-41-61)71(75)79-67-52-48-65(49-53-67)73(77)81-69-30-27-31-70(56-69)82-74(78)66-50-54-68(55-51-66)80-72(76)64-46-42-62(43-47-64)60-38-34-58(35-39-60)29-26-24-22-20-18-16-14-12-10-8-6-4-2/h27,30-56H,3-26,28-29H2,1-2H3. The molecule has 0 aliphatic heterocycles. The molecule has 0 aliphatic rings. The molecule has 0 aromatic heterocycles. The van der Waals surface area contributed by atoms with E-state index in [2.05, 4.69) is 62.4 Å². The van der Waals surface area contributed by atoms with Crippen molar-refractivity contribution in [2.75, 3.05) is 0 Å². The Morgan fingerprint density at radius 3 is 0.768 bits per heavy atom. The average Bonchev–Trinajstić information content (AvgIpc) is 3.54. The number of hydrogen-bond donors (Lipinski definition) is 0. The molecule has 0 N–H and O–H groups in total. The van der Waals surface area contributed by atoms with Crippen LogP contribution in [-0.2, 0) is 12.8 Å². The van der Waals surface area contributed by atoms with Crippen molar-refractivity contribution in [3.8, 4) is 45.3 Å². The molecule has 0 saturated heterocycles. The van der Waals surface area contributed by atoms with Gasteiger partial charge in [0.15, 0.2) is 0 Å². The van der Waals surface area contributed by atoms with Crippen molar-refractivity contribution in [1.82, 2.24) is 0 Å². The summed E-state index contributed by atoms with van der Waals surface area (Å²) in [6.07, 6.45) is 34.5. The molecule has 0 heterocycles. The Labute approximate surface area is 489 Å². The van der Waals surface area contributed by atoms with Crippen LogP contribution in [0.4, 0.5) is 0 Å². The number of hydrogen-bond acceptors (Lipinski definition) is 8. The van der Waals surface area contributed by atoms with Gasteiger partial charge in [-0.15, -0.1) is 0 Å². The van der Waals surface area contributed by atoms with Crippen molar-refractivity contribution in [3.05, 3.63) is 203 Å². The summed E-state index contributed by atoms with van der Waals surface area (Å²) in [5.41, 5.74) is 8.17. The van der Waals surface area contributed by atoms with Gasteiger partial charge >= 0.3 is 23.9 Å². The molecule has 7 rings (SSSR count). The lowest BCUT2D eigenvalue weighted by Gasteiger charge is -2.09. The zero-order valence-corrected chi connectivity index (χ0v) is 48.8. The van der Waals surface area contributed by atoms with Crippen LogP contribution in [0.15, 0.2) is 170 Å².